The second-order valence-electron chi connectivity index (χ2n) is 6.50. The van der Waals surface area contributed by atoms with Crippen LogP contribution >= 0.6 is 11.6 Å². The number of hydrogen-bond acceptors (Lipinski definition) is 3. The van der Waals surface area contributed by atoms with Gasteiger partial charge in [0.05, 0.1) is 12.7 Å². The highest BCUT2D eigenvalue weighted by molar-refractivity contribution is 6.83. The van der Waals surface area contributed by atoms with Gasteiger partial charge in [0.1, 0.15) is 30.4 Å². The number of aryl methyl sites for hydroxylation is 1. The molecule has 1 heterocycles. The van der Waals surface area contributed by atoms with Gasteiger partial charge >= 0.3 is 6.61 Å². The smallest absolute Gasteiger partial charge is 0.388 e. The van der Waals surface area contributed by atoms with E-state index in [1.807, 2.05) is 0 Å². The number of halogens is 4. The van der Waals surface area contributed by atoms with Crippen LogP contribution in [0.3, 0.4) is 0 Å². The number of benzene rings is 1. The normalized spacial score (nSPS) is 11.3. The summed E-state index contributed by atoms with van der Waals surface area (Å²) in [7, 11) is 1.14. The Morgan fingerprint density at radius 2 is 1.92 bits per heavy atom. The summed E-state index contributed by atoms with van der Waals surface area (Å²) in [5.74, 6) is 2.29. The van der Waals surface area contributed by atoms with Crippen LogP contribution in [-0.4, -0.2) is 31.6 Å². The Morgan fingerprint density at radius 3 is 2.46 bits per heavy atom. The van der Waals surface area contributed by atoms with E-state index in [-0.39, 0.29) is 22.2 Å². The lowest BCUT2D eigenvalue weighted by molar-refractivity contribution is -0.0552. The van der Waals surface area contributed by atoms with Crippen molar-refractivity contribution in [3.63, 3.8) is 0 Å². The molecule has 0 amide bonds. The number of hydrogen-bond donors (Lipinski definition) is 0. The van der Waals surface area contributed by atoms with Crippen molar-refractivity contribution in [3.05, 3.63) is 28.5 Å². The van der Waals surface area contributed by atoms with Crippen molar-refractivity contribution in [1.82, 2.24) is 9.78 Å². The van der Waals surface area contributed by atoms with Crippen LogP contribution in [0.15, 0.2) is 12.1 Å². The lowest BCUT2D eigenvalue weighted by Crippen LogP contribution is -2.16. The Kier molecular flexibility index (Phi) is 5.93. The van der Waals surface area contributed by atoms with E-state index in [0.717, 1.165) is 4.68 Å². The van der Waals surface area contributed by atoms with Gasteiger partial charge < -0.3 is 9.47 Å². The van der Waals surface area contributed by atoms with Crippen molar-refractivity contribution in [3.8, 4) is 34.4 Å². The number of nitrogens with zero attached hydrogens (tertiary/aromatic N) is 2. The first kappa shape index (κ1) is 20.2. The molecule has 0 saturated heterocycles. The van der Waals surface area contributed by atoms with E-state index >= 15 is 0 Å². The van der Waals surface area contributed by atoms with Crippen LogP contribution in [0.1, 0.15) is 5.56 Å². The Hall–Kier alpha value is -2.11. The topological polar surface area (TPSA) is 36.3 Å². The lowest BCUT2D eigenvalue weighted by Gasteiger charge is -2.09. The minimum Gasteiger partial charge on any atom is -0.495 e. The first-order chi connectivity index (χ1) is 12.0. The van der Waals surface area contributed by atoms with E-state index in [0.29, 0.717) is 11.3 Å². The van der Waals surface area contributed by atoms with Crippen molar-refractivity contribution >= 4 is 19.7 Å². The molecule has 0 radical (unpaired) electrons. The first-order valence-electron chi connectivity index (χ1n) is 7.62. The number of methoxy groups -OCH3 is 1. The fourth-order valence-electron chi connectivity index (χ4n) is 2.12. The predicted molar refractivity (Wildman–Crippen MR) is 97.0 cm³/mol. The molecule has 0 N–H and O–H groups in total. The Balaban J connectivity index is 2.57. The van der Waals surface area contributed by atoms with Gasteiger partial charge in [-0.25, -0.2) is 9.07 Å². The van der Waals surface area contributed by atoms with Crippen molar-refractivity contribution in [2.45, 2.75) is 26.3 Å². The summed E-state index contributed by atoms with van der Waals surface area (Å²) in [6.45, 7) is 3.12. The maximum absolute atomic E-state index is 14.6. The minimum absolute atomic E-state index is 0.00474. The number of alkyl halides is 2. The molecule has 0 aliphatic carbocycles. The highest BCUT2D eigenvalue weighted by atomic mass is 35.5. The standard InChI is InChI=1S/C17H18ClF3N2O2Si/c1-23-16(25-17(20)21)14(18)15(22-23)11-9-13(24-2)10(8-12(11)19)6-7-26(3,4)5/h8-9,17H,1-5H3. The van der Waals surface area contributed by atoms with Gasteiger partial charge in [-0.15, -0.1) is 5.54 Å². The Labute approximate surface area is 155 Å². The highest BCUT2D eigenvalue weighted by Crippen LogP contribution is 2.38. The monoisotopic (exact) mass is 402 g/mol. The maximum Gasteiger partial charge on any atom is 0.388 e. The third-order valence-electron chi connectivity index (χ3n) is 3.26. The molecule has 0 unspecified atom stereocenters. The molecule has 2 aromatic rings. The van der Waals surface area contributed by atoms with E-state index in [4.69, 9.17) is 16.3 Å². The summed E-state index contributed by atoms with van der Waals surface area (Å²) in [5, 5.41) is 3.77. The minimum atomic E-state index is -3.07. The summed E-state index contributed by atoms with van der Waals surface area (Å²) in [5.41, 5.74) is 3.52. The fraction of sp³-hybridized carbons (Fsp3) is 0.353. The fourth-order valence-corrected chi connectivity index (χ4v) is 2.94. The highest BCUT2D eigenvalue weighted by Gasteiger charge is 2.23. The van der Waals surface area contributed by atoms with Crippen molar-refractivity contribution in [2.24, 2.45) is 7.05 Å². The SMILES string of the molecule is COc1cc(-c2nn(C)c(OC(F)F)c2Cl)c(F)cc1C#C[Si](C)(C)C. The lowest BCUT2D eigenvalue weighted by atomic mass is 10.1. The van der Waals surface area contributed by atoms with Gasteiger partial charge in [-0.05, 0) is 12.1 Å². The number of ether oxygens (including phenoxy) is 2. The first-order valence-corrected chi connectivity index (χ1v) is 11.5. The molecular formula is C17H18ClF3N2O2Si. The number of aromatic nitrogens is 2. The number of rotatable bonds is 4. The third kappa shape index (κ3) is 4.53. The van der Waals surface area contributed by atoms with Crippen molar-refractivity contribution in [2.75, 3.05) is 7.11 Å². The van der Waals surface area contributed by atoms with Crippen LogP contribution in [0.5, 0.6) is 11.6 Å². The van der Waals surface area contributed by atoms with Gasteiger partial charge in [-0.2, -0.15) is 13.9 Å². The molecule has 1 aromatic heterocycles. The van der Waals surface area contributed by atoms with E-state index in [1.54, 1.807) is 0 Å². The van der Waals surface area contributed by atoms with Gasteiger partial charge in [0.25, 0.3) is 0 Å². The van der Waals surface area contributed by atoms with E-state index in [1.165, 1.54) is 26.3 Å². The van der Waals surface area contributed by atoms with Crippen LogP contribution < -0.4 is 9.47 Å². The average molecular weight is 403 g/mol. The van der Waals surface area contributed by atoms with E-state index in [2.05, 4.69) is 40.9 Å². The largest absolute Gasteiger partial charge is 0.495 e. The Morgan fingerprint density at radius 1 is 1.27 bits per heavy atom. The molecule has 4 nitrogen and oxygen atoms in total. The molecule has 1 aromatic carbocycles. The summed E-state index contributed by atoms with van der Waals surface area (Å²) in [6.07, 6.45) is 0. The molecule has 9 heteroatoms. The average Bonchev–Trinajstić information content (AvgIpc) is 2.80. The van der Waals surface area contributed by atoms with Crippen LogP contribution in [-0.2, 0) is 7.05 Å². The summed E-state index contributed by atoms with van der Waals surface area (Å²) >= 11 is 6.06. The molecule has 2 rings (SSSR count). The molecule has 140 valence electrons. The molecular weight excluding hydrogens is 385 g/mol. The van der Waals surface area contributed by atoms with Crippen LogP contribution in [0.2, 0.25) is 24.7 Å². The molecule has 26 heavy (non-hydrogen) atoms. The van der Waals surface area contributed by atoms with Gasteiger partial charge in [-0.3, -0.25) is 0 Å². The molecule has 0 atom stereocenters. The zero-order valence-electron chi connectivity index (χ0n) is 15.0. The van der Waals surface area contributed by atoms with Gasteiger partial charge in [0.2, 0.25) is 5.88 Å². The quantitative estimate of drug-likeness (QED) is 0.548. The van der Waals surface area contributed by atoms with Crippen LogP contribution in [0.25, 0.3) is 11.3 Å². The van der Waals surface area contributed by atoms with Gasteiger partial charge in [-0.1, -0.05) is 37.2 Å². The maximum atomic E-state index is 14.6. The molecule has 0 fully saturated rings. The van der Waals surface area contributed by atoms with Gasteiger partial charge in [0, 0.05) is 12.6 Å². The summed E-state index contributed by atoms with van der Waals surface area (Å²) in [4.78, 5) is 0. The Bertz CT molecular complexity index is 883. The molecule has 0 saturated carbocycles. The van der Waals surface area contributed by atoms with Crippen molar-refractivity contribution < 1.29 is 22.6 Å². The van der Waals surface area contributed by atoms with E-state index in [9.17, 15) is 13.2 Å². The second kappa shape index (κ2) is 7.64. The third-order valence-corrected chi connectivity index (χ3v) is 4.47. The zero-order chi connectivity index (χ0) is 19.6. The van der Waals surface area contributed by atoms with Crippen LogP contribution in [0, 0.1) is 17.3 Å². The van der Waals surface area contributed by atoms with Crippen molar-refractivity contribution in [1.29, 1.82) is 0 Å². The molecule has 0 spiro atoms. The second-order valence-corrected chi connectivity index (χ2v) is 11.6. The molecule has 0 aliphatic heterocycles. The summed E-state index contributed by atoms with van der Waals surface area (Å²) < 4.78 is 50.3. The zero-order valence-corrected chi connectivity index (χ0v) is 16.7. The summed E-state index contributed by atoms with van der Waals surface area (Å²) in [6, 6.07) is 2.61. The van der Waals surface area contributed by atoms with Crippen LogP contribution in [0.4, 0.5) is 13.2 Å². The van der Waals surface area contributed by atoms with Gasteiger partial charge in [0.15, 0.2) is 0 Å². The molecule has 0 aliphatic rings. The predicted octanol–water partition coefficient (Wildman–Crippen LogP) is 4.72. The van der Waals surface area contributed by atoms with E-state index < -0.39 is 20.5 Å². The molecule has 0 bridgehead atoms.